The molecule has 0 spiro atoms. The Morgan fingerprint density at radius 1 is 1.20 bits per heavy atom. The number of anilines is 1. The Balaban J connectivity index is 1.60. The van der Waals surface area contributed by atoms with Gasteiger partial charge in [0.05, 0.1) is 23.9 Å². The van der Waals surface area contributed by atoms with Crippen LogP contribution in [0.2, 0.25) is 5.15 Å². The summed E-state index contributed by atoms with van der Waals surface area (Å²) in [6.45, 7) is 3.36. The Kier molecular flexibility index (Phi) is 3.83. The number of sulfone groups is 1. The van der Waals surface area contributed by atoms with E-state index >= 15 is 0 Å². The molecular weight excluding hydrogens is 300 g/mol. The lowest BCUT2D eigenvalue weighted by Gasteiger charge is -2.38. The van der Waals surface area contributed by atoms with Gasteiger partial charge in [-0.15, -0.1) is 0 Å². The Bertz CT molecular complexity index is 587. The summed E-state index contributed by atoms with van der Waals surface area (Å²) in [5.74, 6) is 1.43. The fourth-order valence-electron chi connectivity index (χ4n) is 2.86. The molecule has 1 unspecified atom stereocenters. The summed E-state index contributed by atoms with van der Waals surface area (Å²) in [4.78, 5) is 12.7. The van der Waals surface area contributed by atoms with Crippen LogP contribution in [0.4, 0.5) is 5.82 Å². The number of piperazine rings is 1. The molecule has 110 valence electrons. The zero-order valence-electron chi connectivity index (χ0n) is 11.1. The van der Waals surface area contributed by atoms with E-state index in [1.165, 1.54) is 6.20 Å². The summed E-state index contributed by atoms with van der Waals surface area (Å²) in [5, 5.41) is 0.395. The van der Waals surface area contributed by atoms with Gasteiger partial charge in [-0.3, -0.25) is 9.88 Å². The van der Waals surface area contributed by atoms with E-state index in [0.717, 1.165) is 38.4 Å². The minimum absolute atomic E-state index is 0.188. The van der Waals surface area contributed by atoms with Crippen molar-refractivity contribution >= 4 is 27.3 Å². The van der Waals surface area contributed by atoms with Gasteiger partial charge in [-0.1, -0.05) is 11.6 Å². The molecule has 0 saturated carbocycles. The van der Waals surface area contributed by atoms with Gasteiger partial charge in [0.1, 0.15) is 11.0 Å². The second-order valence-corrected chi connectivity index (χ2v) is 7.90. The van der Waals surface area contributed by atoms with Crippen LogP contribution < -0.4 is 4.90 Å². The molecule has 6 nitrogen and oxygen atoms in total. The largest absolute Gasteiger partial charge is 0.353 e. The third-order valence-electron chi connectivity index (χ3n) is 3.96. The molecule has 2 fully saturated rings. The summed E-state index contributed by atoms with van der Waals surface area (Å²) in [7, 11) is -2.81. The summed E-state index contributed by atoms with van der Waals surface area (Å²) in [6.07, 6.45) is 3.99. The molecule has 1 aromatic heterocycles. The van der Waals surface area contributed by atoms with Gasteiger partial charge in [-0.05, 0) is 6.42 Å². The molecule has 3 rings (SSSR count). The lowest BCUT2D eigenvalue weighted by atomic mass is 10.2. The van der Waals surface area contributed by atoms with Crippen LogP contribution in [0.25, 0.3) is 0 Å². The van der Waals surface area contributed by atoms with Crippen LogP contribution in [-0.2, 0) is 9.84 Å². The third-order valence-corrected chi connectivity index (χ3v) is 5.89. The van der Waals surface area contributed by atoms with Crippen molar-refractivity contribution in [3.05, 3.63) is 17.5 Å². The Morgan fingerprint density at radius 3 is 2.55 bits per heavy atom. The molecule has 0 amide bonds. The molecule has 1 atom stereocenters. The molecule has 3 heterocycles. The van der Waals surface area contributed by atoms with Crippen molar-refractivity contribution in [2.45, 2.75) is 12.5 Å². The molecular formula is C12H17ClN4O2S. The van der Waals surface area contributed by atoms with Gasteiger partial charge in [-0.25, -0.2) is 13.4 Å². The van der Waals surface area contributed by atoms with Crippen LogP contribution in [0.3, 0.4) is 0 Å². The monoisotopic (exact) mass is 316 g/mol. The van der Waals surface area contributed by atoms with Gasteiger partial charge in [-0.2, -0.15) is 0 Å². The molecule has 0 radical (unpaired) electrons. The van der Waals surface area contributed by atoms with Crippen molar-refractivity contribution in [1.82, 2.24) is 14.9 Å². The van der Waals surface area contributed by atoms with Crippen molar-refractivity contribution in [1.29, 1.82) is 0 Å². The van der Waals surface area contributed by atoms with Crippen LogP contribution in [0.1, 0.15) is 6.42 Å². The van der Waals surface area contributed by atoms with Crippen molar-refractivity contribution in [3.8, 4) is 0 Å². The first-order chi connectivity index (χ1) is 9.53. The molecule has 2 aliphatic heterocycles. The first-order valence-corrected chi connectivity index (χ1v) is 8.90. The average Bonchev–Trinajstić information content (AvgIpc) is 2.79. The zero-order valence-corrected chi connectivity index (χ0v) is 12.6. The smallest absolute Gasteiger partial charge is 0.151 e. The lowest BCUT2D eigenvalue weighted by molar-refractivity contribution is 0.200. The minimum Gasteiger partial charge on any atom is -0.353 e. The first-order valence-electron chi connectivity index (χ1n) is 6.70. The third kappa shape index (κ3) is 3.05. The Labute approximate surface area is 123 Å². The maximum absolute atomic E-state index is 11.5. The number of aromatic nitrogens is 2. The highest BCUT2D eigenvalue weighted by Crippen LogP contribution is 2.21. The maximum atomic E-state index is 11.5. The van der Waals surface area contributed by atoms with Crippen molar-refractivity contribution in [2.24, 2.45) is 0 Å². The Hall–Kier alpha value is -0.920. The average molecular weight is 317 g/mol. The van der Waals surface area contributed by atoms with E-state index < -0.39 is 9.84 Å². The highest BCUT2D eigenvalue weighted by atomic mass is 35.5. The fraction of sp³-hybridized carbons (Fsp3) is 0.667. The SMILES string of the molecule is O=S1(=O)CCC(N2CCN(c3cncc(Cl)n3)CC2)C1. The second-order valence-electron chi connectivity index (χ2n) is 5.28. The summed E-state index contributed by atoms with van der Waals surface area (Å²) in [5.41, 5.74) is 0. The predicted octanol–water partition coefficient (Wildman–Crippen LogP) is 0.439. The summed E-state index contributed by atoms with van der Waals surface area (Å²) >= 11 is 5.85. The van der Waals surface area contributed by atoms with Crippen LogP contribution >= 0.6 is 11.6 Å². The van der Waals surface area contributed by atoms with Gasteiger partial charge < -0.3 is 4.90 Å². The van der Waals surface area contributed by atoms with Crippen molar-refractivity contribution in [3.63, 3.8) is 0 Å². The number of hydrogen-bond donors (Lipinski definition) is 0. The van der Waals surface area contributed by atoms with Crippen molar-refractivity contribution < 1.29 is 8.42 Å². The molecule has 8 heteroatoms. The molecule has 0 bridgehead atoms. The number of hydrogen-bond acceptors (Lipinski definition) is 6. The molecule has 2 aliphatic rings. The highest BCUT2D eigenvalue weighted by Gasteiger charge is 2.33. The van der Waals surface area contributed by atoms with E-state index in [4.69, 9.17) is 11.6 Å². The van der Waals surface area contributed by atoms with E-state index in [1.807, 2.05) is 0 Å². The molecule has 2 saturated heterocycles. The van der Waals surface area contributed by atoms with E-state index in [9.17, 15) is 8.42 Å². The lowest BCUT2D eigenvalue weighted by Crippen LogP contribution is -2.51. The predicted molar refractivity (Wildman–Crippen MR) is 77.9 cm³/mol. The van der Waals surface area contributed by atoms with E-state index in [1.54, 1.807) is 6.20 Å². The van der Waals surface area contributed by atoms with E-state index in [0.29, 0.717) is 16.7 Å². The standard InChI is InChI=1S/C12H17ClN4O2S/c13-11-7-14-8-12(15-11)17-4-2-16(3-5-17)10-1-6-20(18,19)9-10/h7-8,10H,1-6,9H2. The minimum atomic E-state index is -2.81. The number of halogens is 1. The number of rotatable bonds is 2. The molecule has 0 N–H and O–H groups in total. The zero-order chi connectivity index (χ0) is 14.2. The summed E-state index contributed by atoms with van der Waals surface area (Å²) < 4.78 is 23.1. The van der Waals surface area contributed by atoms with Gasteiger partial charge in [0, 0.05) is 32.2 Å². The van der Waals surface area contributed by atoms with Crippen LogP contribution in [0.15, 0.2) is 12.4 Å². The topological polar surface area (TPSA) is 66.4 Å². The highest BCUT2D eigenvalue weighted by molar-refractivity contribution is 7.91. The molecule has 0 aliphatic carbocycles. The van der Waals surface area contributed by atoms with E-state index in [2.05, 4.69) is 19.8 Å². The van der Waals surface area contributed by atoms with Gasteiger partial charge >= 0.3 is 0 Å². The maximum Gasteiger partial charge on any atom is 0.151 e. The first kappa shape index (κ1) is 14.0. The second kappa shape index (κ2) is 5.46. The molecule has 20 heavy (non-hydrogen) atoms. The molecule has 1 aromatic rings. The Morgan fingerprint density at radius 2 is 1.95 bits per heavy atom. The van der Waals surface area contributed by atoms with Crippen LogP contribution in [0, 0.1) is 0 Å². The fourth-order valence-corrected chi connectivity index (χ4v) is 4.77. The molecule has 0 aromatic carbocycles. The van der Waals surface area contributed by atoms with Crippen molar-refractivity contribution in [2.75, 3.05) is 42.6 Å². The quantitative estimate of drug-likeness (QED) is 0.789. The van der Waals surface area contributed by atoms with Gasteiger partial charge in [0.25, 0.3) is 0 Å². The van der Waals surface area contributed by atoms with Crippen LogP contribution in [-0.4, -0.2) is 67.0 Å². The normalized spacial score (nSPS) is 26.9. The summed E-state index contributed by atoms with van der Waals surface area (Å²) in [6, 6.07) is 0.188. The van der Waals surface area contributed by atoms with Gasteiger partial charge in [0.2, 0.25) is 0 Å². The number of nitrogens with zero attached hydrogens (tertiary/aromatic N) is 4. The van der Waals surface area contributed by atoms with E-state index in [-0.39, 0.29) is 6.04 Å². The van der Waals surface area contributed by atoms with Crippen LogP contribution in [0.5, 0.6) is 0 Å². The van der Waals surface area contributed by atoms with Gasteiger partial charge in [0.15, 0.2) is 9.84 Å².